The van der Waals surface area contributed by atoms with Gasteiger partial charge in [-0.2, -0.15) is 0 Å². The molecule has 0 aliphatic rings. The van der Waals surface area contributed by atoms with Crippen molar-refractivity contribution in [2.24, 2.45) is 0 Å². The molecule has 1 heterocycles. The lowest BCUT2D eigenvalue weighted by molar-refractivity contribution is 0.0949. The third-order valence-corrected chi connectivity index (χ3v) is 4.57. The van der Waals surface area contributed by atoms with Crippen molar-refractivity contribution in [3.63, 3.8) is 0 Å². The second kappa shape index (κ2) is 10.2. The Morgan fingerprint density at radius 1 is 1.06 bits per heavy atom. The number of hydrogen-bond acceptors (Lipinski definition) is 5. The Bertz CT molecular complexity index is 1070. The highest BCUT2D eigenvalue weighted by atomic mass is 16.5. The normalized spacial score (nSPS) is 10.3. The summed E-state index contributed by atoms with van der Waals surface area (Å²) in [7, 11) is 3.08. The van der Waals surface area contributed by atoms with Crippen LogP contribution in [0.1, 0.15) is 32.0 Å². The predicted octanol–water partition coefficient (Wildman–Crippen LogP) is 4.21. The van der Waals surface area contributed by atoms with Crippen LogP contribution in [-0.4, -0.2) is 26.0 Å². The Kier molecular flexibility index (Phi) is 7.11. The van der Waals surface area contributed by atoms with E-state index in [2.05, 4.69) is 17.2 Å². The molecular formula is C24H24N2O5. The van der Waals surface area contributed by atoms with Gasteiger partial charge >= 0.3 is 0 Å². The Morgan fingerprint density at radius 2 is 1.90 bits per heavy atom. The average Bonchev–Trinajstić information content (AvgIpc) is 3.32. The zero-order valence-electron chi connectivity index (χ0n) is 17.4. The molecule has 0 unspecified atom stereocenters. The van der Waals surface area contributed by atoms with Gasteiger partial charge in [-0.1, -0.05) is 18.2 Å². The number of nitrogens with one attached hydrogen (secondary N) is 2. The highest BCUT2D eigenvalue weighted by Crippen LogP contribution is 2.33. The maximum atomic E-state index is 12.7. The molecule has 31 heavy (non-hydrogen) atoms. The largest absolute Gasteiger partial charge is 0.493 e. The lowest BCUT2D eigenvalue weighted by Crippen LogP contribution is -2.23. The number of benzene rings is 2. The van der Waals surface area contributed by atoms with Gasteiger partial charge in [0.05, 0.1) is 20.5 Å². The highest BCUT2D eigenvalue weighted by Gasteiger charge is 2.16. The average molecular weight is 420 g/mol. The molecule has 0 fully saturated rings. The molecule has 0 atom stereocenters. The van der Waals surface area contributed by atoms with Crippen LogP contribution in [0.15, 0.2) is 71.9 Å². The highest BCUT2D eigenvalue weighted by molar-refractivity contribution is 6.02. The first-order valence-electron chi connectivity index (χ1n) is 9.63. The Hall–Kier alpha value is -4.00. The predicted molar refractivity (Wildman–Crippen MR) is 118 cm³/mol. The van der Waals surface area contributed by atoms with Crippen molar-refractivity contribution in [3.8, 4) is 11.5 Å². The molecule has 0 radical (unpaired) electrons. The molecule has 7 heteroatoms. The second-order valence-corrected chi connectivity index (χ2v) is 6.68. The monoisotopic (exact) mass is 420 g/mol. The van der Waals surface area contributed by atoms with Gasteiger partial charge in [-0.3, -0.25) is 9.59 Å². The van der Waals surface area contributed by atoms with Gasteiger partial charge < -0.3 is 24.5 Å². The molecule has 160 valence electrons. The first-order chi connectivity index (χ1) is 15.0. The molecule has 0 aliphatic carbocycles. The van der Waals surface area contributed by atoms with Crippen molar-refractivity contribution in [1.82, 2.24) is 5.32 Å². The number of furan rings is 1. The van der Waals surface area contributed by atoms with Gasteiger partial charge in [0.2, 0.25) is 0 Å². The zero-order valence-corrected chi connectivity index (χ0v) is 17.4. The van der Waals surface area contributed by atoms with Gasteiger partial charge in [0, 0.05) is 23.4 Å². The van der Waals surface area contributed by atoms with E-state index in [-0.39, 0.29) is 24.1 Å². The summed E-state index contributed by atoms with van der Waals surface area (Å²) >= 11 is 0. The number of anilines is 1. The third-order valence-electron chi connectivity index (χ3n) is 4.57. The number of allylic oxidation sites excluding steroid dienone is 1. The Balaban J connectivity index is 1.70. The molecule has 0 bridgehead atoms. The molecule has 3 rings (SSSR count). The third kappa shape index (κ3) is 5.33. The second-order valence-electron chi connectivity index (χ2n) is 6.68. The van der Waals surface area contributed by atoms with E-state index in [1.54, 1.807) is 55.7 Å². The van der Waals surface area contributed by atoms with Crippen molar-refractivity contribution in [1.29, 1.82) is 0 Å². The maximum absolute atomic E-state index is 12.7. The standard InChI is InChI=1S/C24H24N2O5/c1-4-7-17-13-18(14-21(29-2)22(17)30-3)23(27)25-15-16-8-5-9-19(12-16)26-24(28)20-10-6-11-31-20/h4-6,8-14H,1,7,15H2,2-3H3,(H,25,27)(H,26,28). The quantitative estimate of drug-likeness (QED) is 0.506. The van der Waals surface area contributed by atoms with Crippen molar-refractivity contribution >= 4 is 17.5 Å². The zero-order chi connectivity index (χ0) is 22.2. The van der Waals surface area contributed by atoms with E-state index < -0.39 is 0 Å². The van der Waals surface area contributed by atoms with E-state index >= 15 is 0 Å². The summed E-state index contributed by atoms with van der Waals surface area (Å²) in [6.07, 6.45) is 3.72. The van der Waals surface area contributed by atoms with Gasteiger partial charge in [0.1, 0.15) is 0 Å². The number of methoxy groups -OCH3 is 2. The molecule has 0 saturated heterocycles. The smallest absolute Gasteiger partial charge is 0.291 e. The number of hydrogen-bond donors (Lipinski definition) is 2. The molecule has 0 aliphatic heterocycles. The van der Waals surface area contributed by atoms with Crippen LogP contribution < -0.4 is 20.1 Å². The first-order valence-corrected chi connectivity index (χ1v) is 9.63. The van der Waals surface area contributed by atoms with Crippen molar-refractivity contribution in [2.75, 3.05) is 19.5 Å². The van der Waals surface area contributed by atoms with E-state index in [0.29, 0.717) is 29.2 Å². The van der Waals surface area contributed by atoms with Crippen LogP contribution in [0.3, 0.4) is 0 Å². The van der Waals surface area contributed by atoms with Crippen LogP contribution in [0.5, 0.6) is 11.5 Å². The molecule has 2 N–H and O–H groups in total. The van der Waals surface area contributed by atoms with E-state index in [0.717, 1.165) is 11.1 Å². The lowest BCUT2D eigenvalue weighted by atomic mass is 10.0. The number of ether oxygens (including phenoxy) is 2. The molecule has 2 aromatic carbocycles. The van der Waals surface area contributed by atoms with Gasteiger partial charge in [0.25, 0.3) is 11.8 Å². The summed E-state index contributed by atoms with van der Waals surface area (Å²) in [5.41, 5.74) is 2.70. The van der Waals surface area contributed by atoms with Gasteiger partial charge in [-0.25, -0.2) is 0 Å². The van der Waals surface area contributed by atoms with Gasteiger partial charge in [-0.15, -0.1) is 6.58 Å². The topological polar surface area (TPSA) is 89.8 Å². The van der Waals surface area contributed by atoms with Crippen molar-refractivity contribution in [3.05, 3.63) is 89.9 Å². The first kappa shape index (κ1) is 21.7. The molecular weight excluding hydrogens is 396 g/mol. The molecule has 7 nitrogen and oxygen atoms in total. The van der Waals surface area contributed by atoms with E-state index in [1.807, 2.05) is 6.07 Å². The van der Waals surface area contributed by atoms with Crippen LogP contribution in [0.25, 0.3) is 0 Å². The minimum absolute atomic E-state index is 0.225. The number of carbonyl (C=O) groups is 2. The minimum Gasteiger partial charge on any atom is -0.493 e. The summed E-state index contributed by atoms with van der Waals surface area (Å²) in [5, 5.41) is 5.66. The van der Waals surface area contributed by atoms with E-state index in [4.69, 9.17) is 13.9 Å². The number of rotatable bonds is 9. The Labute approximate surface area is 180 Å². The van der Waals surface area contributed by atoms with Crippen LogP contribution >= 0.6 is 0 Å². The molecule has 2 amide bonds. The molecule has 1 aromatic heterocycles. The van der Waals surface area contributed by atoms with Gasteiger partial charge in [-0.05, 0) is 48.4 Å². The van der Waals surface area contributed by atoms with Crippen LogP contribution in [0, 0.1) is 0 Å². The van der Waals surface area contributed by atoms with Crippen molar-refractivity contribution in [2.45, 2.75) is 13.0 Å². The SMILES string of the molecule is C=CCc1cc(C(=O)NCc2cccc(NC(=O)c3ccco3)c2)cc(OC)c1OC. The van der Waals surface area contributed by atoms with Crippen LogP contribution in [0.2, 0.25) is 0 Å². The summed E-state index contributed by atoms with van der Waals surface area (Å²) in [5.74, 6) is 0.693. The lowest BCUT2D eigenvalue weighted by Gasteiger charge is -2.14. The fourth-order valence-corrected chi connectivity index (χ4v) is 3.13. The summed E-state index contributed by atoms with van der Waals surface area (Å²) in [6.45, 7) is 4.04. The summed E-state index contributed by atoms with van der Waals surface area (Å²) < 4.78 is 15.9. The number of carbonyl (C=O) groups excluding carboxylic acids is 2. The maximum Gasteiger partial charge on any atom is 0.291 e. The Morgan fingerprint density at radius 3 is 2.58 bits per heavy atom. The van der Waals surface area contributed by atoms with Crippen molar-refractivity contribution < 1.29 is 23.5 Å². The van der Waals surface area contributed by atoms with E-state index in [1.165, 1.54) is 13.4 Å². The minimum atomic E-state index is -0.341. The molecule has 0 saturated carbocycles. The fraction of sp³-hybridized carbons (Fsp3) is 0.167. The molecule has 3 aromatic rings. The number of amides is 2. The van der Waals surface area contributed by atoms with Crippen LogP contribution in [-0.2, 0) is 13.0 Å². The van der Waals surface area contributed by atoms with Crippen LogP contribution in [0.4, 0.5) is 5.69 Å². The summed E-state index contributed by atoms with van der Waals surface area (Å²) in [6, 6.07) is 13.9. The molecule has 0 spiro atoms. The summed E-state index contributed by atoms with van der Waals surface area (Å²) in [4.78, 5) is 24.9. The van der Waals surface area contributed by atoms with E-state index in [9.17, 15) is 9.59 Å². The fourth-order valence-electron chi connectivity index (χ4n) is 3.13. The van der Waals surface area contributed by atoms with Gasteiger partial charge in [0.15, 0.2) is 17.3 Å².